The predicted molar refractivity (Wildman–Crippen MR) is 94.1 cm³/mol. The van der Waals surface area contributed by atoms with Gasteiger partial charge in [0.05, 0.1) is 0 Å². The number of carbonyl (C=O) groups is 2. The molecule has 1 aromatic rings. The lowest BCUT2D eigenvalue weighted by Gasteiger charge is -2.27. The Morgan fingerprint density at radius 3 is 2.33 bits per heavy atom. The van der Waals surface area contributed by atoms with Gasteiger partial charge < -0.3 is 10.6 Å². The molecule has 1 aliphatic rings. The summed E-state index contributed by atoms with van der Waals surface area (Å²) in [4.78, 5) is 28.4. The molecule has 0 radical (unpaired) electrons. The van der Waals surface area contributed by atoms with Crippen molar-refractivity contribution in [2.24, 2.45) is 11.8 Å². The van der Waals surface area contributed by atoms with Gasteiger partial charge in [0.2, 0.25) is 11.8 Å². The standard InChI is InChI=1S/C19H29N3O2/c1-2-3-4-12-21-18(23)16-7-9-17(10-8-16)19(24)22-14-15-6-5-11-20-13-15/h5-6,11,13,16-17H,2-4,7-10,12,14H2,1H3,(H,21,23)(H,22,24). The van der Waals surface area contributed by atoms with Crippen molar-refractivity contribution in [3.63, 3.8) is 0 Å². The summed E-state index contributed by atoms with van der Waals surface area (Å²) < 4.78 is 0. The zero-order valence-electron chi connectivity index (χ0n) is 14.6. The summed E-state index contributed by atoms with van der Waals surface area (Å²) in [5.74, 6) is 0.376. The number of pyridine rings is 1. The number of carbonyl (C=O) groups excluding carboxylic acids is 2. The van der Waals surface area contributed by atoms with E-state index in [1.807, 2.05) is 12.1 Å². The fraction of sp³-hybridized carbons (Fsp3) is 0.632. The fourth-order valence-corrected chi connectivity index (χ4v) is 3.18. The molecule has 5 nitrogen and oxygen atoms in total. The van der Waals surface area contributed by atoms with Crippen LogP contribution in [0.2, 0.25) is 0 Å². The van der Waals surface area contributed by atoms with Crippen molar-refractivity contribution in [3.05, 3.63) is 30.1 Å². The van der Waals surface area contributed by atoms with Gasteiger partial charge in [0.15, 0.2) is 0 Å². The van der Waals surface area contributed by atoms with Crippen LogP contribution in [-0.4, -0.2) is 23.3 Å². The molecule has 2 N–H and O–H groups in total. The number of nitrogens with zero attached hydrogens (tertiary/aromatic N) is 1. The first-order valence-corrected chi connectivity index (χ1v) is 9.15. The smallest absolute Gasteiger partial charge is 0.223 e. The van der Waals surface area contributed by atoms with E-state index < -0.39 is 0 Å². The van der Waals surface area contributed by atoms with Crippen LogP contribution in [0.3, 0.4) is 0 Å². The summed E-state index contributed by atoms with van der Waals surface area (Å²) >= 11 is 0. The molecule has 1 saturated carbocycles. The fourth-order valence-electron chi connectivity index (χ4n) is 3.18. The maximum atomic E-state index is 12.3. The van der Waals surface area contributed by atoms with E-state index in [0.29, 0.717) is 6.54 Å². The van der Waals surface area contributed by atoms with E-state index in [4.69, 9.17) is 0 Å². The first-order valence-electron chi connectivity index (χ1n) is 9.15. The van der Waals surface area contributed by atoms with Gasteiger partial charge in [-0.2, -0.15) is 0 Å². The quantitative estimate of drug-likeness (QED) is 0.720. The zero-order valence-corrected chi connectivity index (χ0v) is 14.6. The van der Waals surface area contributed by atoms with Gasteiger partial charge in [-0.1, -0.05) is 25.8 Å². The average molecular weight is 331 g/mol. The predicted octanol–water partition coefficient (Wildman–Crippen LogP) is 2.81. The van der Waals surface area contributed by atoms with Gasteiger partial charge in [0, 0.05) is 37.3 Å². The summed E-state index contributed by atoms with van der Waals surface area (Å²) in [6.07, 6.45) is 10.1. The van der Waals surface area contributed by atoms with E-state index in [1.165, 1.54) is 0 Å². The maximum absolute atomic E-state index is 12.3. The summed E-state index contributed by atoms with van der Waals surface area (Å²) in [5, 5.41) is 6.01. The van der Waals surface area contributed by atoms with Crippen LogP contribution < -0.4 is 10.6 Å². The minimum atomic E-state index is 0.0332. The molecule has 0 saturated heterocycles. The second-order valence-corrected chi connectivity index (χ2v) is 6.63. The van der Waals surface area contributed by atoms with Crippen molar-refractivity contribution in [1.29, 1.82) is 0 Å². The van der Waals surface area contributed by atoms with Crippen LogP contribution in [0.4, 0.5) is 0 Å². The molecule has 0 atom stereocenters. The lowest BCUT2D eigenvalue weighted by Crippen LogP contribution is -2.37. The van der Waals surface area contributed by atoms with E-state index in [-0.39, 0.29) is 23.7 Å². The highest BCUT2D eigenvalue weighted by molar-refractivity contribution is 5.81. The van der Waals surface area contributed by atoms with E-state index in [1.54, 1.807) is 12.4 Å². The van der Waals surface area contributed by atoms with Crippen LogP contribution >= 0.6 is 0 Å². The van der Waals surface area contributed by atoms with E-state index in [2.05, 4.69) is 22.5 Å². The normalized spacial score (nSPS) is 20.4. The van der Waals surface area contributed by atoms with Gasteiger partial charge >= 0.3 is 0 Å². The molecule has 24 heavy (non-hydrogen) atoms. The van der Waals surface area contributed by atoms with Crippen LogP contribution in [0.5, 0.6) is 0 Å². The highest BCUT2D eigenvalue weighted by atomic mass is 16.2. The van der Waals surface area contributed by atoms with Crippen LogP contribution in [0.1, 0.15) is 57.4 Å². The van der Waals surface area contributed by atoms with Gasteiger partial charge in [-0.3, -0.25) is 14.6 Å². The zero-order chi connectivity index (χ0) is 17.2. The Bertz CT molecular complexity index is 511. The van der Waals surface area contributed by atoms with Crippen molar-refractivity contribution in [2.75, 3.05) is 6.54 Å². The Hall–Kier alpha value is -1.91. The molecule has 1 fully saturated rings. The number of hydrogen-bond acceptors (Lipinski definition) is 3. The van der Waals surface area contributed by atoms with Crippen LogP contribution in [0.25, 0.3) is 0 Å². The van der Waals surface area contributed by atoms with E-state index >= 15 is 0 Å². The topological polar surface area (TPSA) is 71.1 Å². The Morgan fingerprint density at radius 2 is 1.75 bits per heavy atom. The van der Waals surface area contributed by atoms with Crippen molar-refractivity contribution in [3.8, 4) is 0 Å². The highest BCUT2D eigenvalue weighted by Gasteiger charge is 2.29. The number of unbranched alkanes of at least 4 members (excludes halogenated alkanes) is 2. The number of nitrogens with one attached hydrogen (secondary N) is 2. The SMILES string of the molecule is CCCCCNC(=O)C1CCC(C(=O)NCc2cccnc2)CC1. The molecule has 0 aliphatic heterocycles. The highest BCUT2D eigenvalue weighted by Crippen LogP contribution is 2.29. The molecular formula is C19H29N3O2. The monoisotopic (exact) mass is 331 g/mol. The van der Waals surface area contributed by atoms with Crippen molar-refractivity contribution in [1.82, 2.24) is 15.6 Å². The third-order valence-electron chi connectivity index (χ3n) is 4.74. The van der Waals surface area contributed by atoms with Crippen molar-refractivity contribution < 1.29 is 9.59 Å². The summed E-state index contributed by atoms with van der Waals surface area (Å²) in [6.45, 7) is 3.45. The van der Waals surface area contributed by atoms with Crippen molar-refractivity contribution in [2.45, 2.75) is 58.4 Å². The minimum Gasteiger partial charge on any atom is -0.356 e. The number of hydrogen-bond donors (Lipinski definition) is 2. The largest absolute Gasteiger partial charge is 0.356 e. The molecule has 5 heteroatoms. The Kier molecular flexibility index (Phi) is 7.72. The number of aromatic nitrogens is 1. The molecule has 0 spiro atoms. The lowest BCUT2D eigenvalue weighted by molar-refractivity contribution is -0.130. The third kappa shape index (κ3) is 5.95. The van der Waals surface area contributed by atoms with Gasteiger partial charge in [-0.15, -0.1) is 0 Å². The number of amides is 2. The molecule has 132 valence electrons. The third-order valence-corrected chi connectivity index (χ3v) is 4.74. The van der Waals surface area contributed by atoms with Crippen LogP contribution in [0, 0.1) is 11.8 Å². The molecule has 0 bridgehead atoms. The molecule has 1 heterocycles. The molecule has 1 aromatic heterocycles. The Balaban J connectivity index is 1.66. The first kappa shape index (κ1) is 18.4. The number of rotatable bonds is 8. The molecule has 1 aliphatic carbocycles. The average Bonchev–Trinajstić information content (AvgIpc) is 2.64. The molecule has 0 aromatic carbocycles. The van der Waals surface area contributed by atoms with Gasteiger partial charge in [0.25, 0.3) is 0 Å². The second-order valence-electron chi connectivity index (χ2n) is 6.63. The lowest BCUT2D eigenvalue weighted by atomic mass is 9.81. The van der Waals surface area contributed by atoms with Gasteiger partial charge in [-0.05, 0) is 43.7 Å². The molecule has 2 amide bonds. The van der Waals surface area contributed by atoms with E-state index in [0.717, 1.165) is 57.1 Å². The summed E-state index contributed by atoms with van der Waals surface area (Å²) in [5.41, 5.74) is 1.01. The Morgan fingerprint density at radius 1 is 1.08 bits per heavy atom. The Labute approximate surface area is 144 Å². The summed E-state index contributed by atoms with van der Waals surface area (Å²) in [6, 6.07) is 3.82. The van der Waals surface area contributed by atoms with E-state index in [9.17, 15) is 9.59 Å². The van der Waals surface area contributed by atoms with Gasteiger partial charge in [0.1, 0.15) is 0 Å². The minimum absolute atomic E-state index is 0.0332. The van der Waals surface area contributed by atoms with Gasteiger partial charge in [-0.25, -0.2) is 0 Å². The van der Waals surface area contributed by atoms with Crippen LogP contribution in [-0.2, 0) is 16.1 Å². The molecule has 0 unspecified atom stereocenters. The summed E-state index contributed by atoms with van der Waals surface area (Å²) in [7, 11) is 0. The van der Waals surface area contributed by atoms with Crippen molar-refractivity contribution >= 4 is 11.8 Å². The first-order chi connectivity index (χ1) is 11.7. The molecule has 2 rings (SSSR count). The molecular weight excluding hydrogens is 302 g/mol. The second kappa shape index (κ2) is 10.1. The maximum Gasteiger partial charge on any atom is 0.223 e. The van der Waals surface area contributed by atoms with Crippen LogP contribution in [0.15, 0.2) is 24.5 Å².